The third kappa shape index (κ3) is 6.85. The van der Waals surface area contributed by atoms with Crippen molar-refractivity contribution in [2.24, 2.45) is 0 Å². The van der Waals surface area contributed by atoms with Gasteiger partial charge in [-0.15, -0.1) is 11.3 Å². The lowest BCUT2D eigenvalue weighted by Gasteiger charge is -2.20. The Hall–Kier alpha value is 0.0600. The number of aliphatic hydroxyl groups is 1. The highest BCUT2D eigenvalue weighted by Gasteiger charge is 2.09. The van der Waals surface area contributed by atoms with Crippen molar-refractivity contribution in [1.82, 2.24) is 4.90 Å². The maximum Gasteiger partial charge on any atom is 0.0900 e. The van der Waals surface area contributed by atoms with Crippen LogP contribution in [0.2, 0.25) is 0 Å². The van der Waals surface area contributed by atoms with Crippen molar-refractivity contribution in [2.45, 2.75) is 32.4 Å². The Morgan fingerprint density at radius 1 is 1.56 bits per heavy atom. The largest absolute Gasteiger partial charge is 0.389 e. The van der Waals surface area contributed by atoms with Gasteiger partial charge in [-0.2, -0.15) is 0 Å². The molecule has 0 bridgehead atoms. The third-order valence-corrected chi connectivity index (χ3v) is 4.10. The van der Waals surface area contributed by atoms with Crippen molar-refractivity contribution < 1.29 is 9.84 Å². The first-order chi connectivity index (χ1) is 8.61. The summed E-state index contributed by atoms with van der Waals surface area (Å²) in [6, 6.07) is 2.12. The zero-order valence-corrected chi connectivity index (χ0v) is 13.5. The molecule has 0 aromatic carbocycles. The molecule has 104 valence electrons. The molecule has 0 aliphatic carbocycles. The van der Waals surface area contributed by atoms with Crippen LogP contribution in [0.3, 0.4) is 0 Å². The van der Waals surface area contributed by atoms with Gasteiger partial charge in [0.25, 0.3) is 0 Å². The van der Waals surface area contributed by atoms with E-state index in [4.69, 9.17) is 4.74 Å². The van der Waals surface area contributed by atoms with Gasteiger partial charge in [-0.1, -0.05) is 13.3 Å². The number of hydrogen-bond donors (Lipinski definition) is 1. The fraction of sp³-hybridized carbons (Fsp3) is 0.692. The minimum absolute atomic E-state index is 0.408. The number of rotatable bonds is 9. The molecule has 0 radical (unpaired) electrons. The lowest BCUT2D eigenvalue weighted by Crippen LogP contribution is -2.31. The SMILES string of the molecule is CCCCOCC(O)CN(C)Cc1csc(Br)c1. The van der Waals surface area contributed by atoms with Crippen molar-refractivity contribution >= 4 is 27.3 Å². The standard InChI is InChI=1S/C13H22BrNO2S/c1-3-4-5-17-9-12(16)8-15(2)7-11-6-13(14)18-10-11/h6,10,12,16H,3-5,7-9H2,1-2H3. The van der Waals surface area contributed by atoms with Gasteiger partial charge in [0.2, 0.25) is 0 Å². The Balaban J connectivity index is 2.16. The first-order valence-corrected chi connectivity index (χ1v) is 7.96. The molecule has 1 atom stereocenters. The van der Waals surface area contributed by atoms with Crippen molar-refractivity contribution in [3.05, 3.63) is 20.8 Å². The van der Waals surface area contributed by atoms with Gasteiger partial charge in [0, 0.05) is 19.7 Å². The van der Waals surface area contributed by atoms with E-state index in [-0.39, 0.29) is 0 Å². The Labute approximate surface area is 122 Å². The molecule has 1 heterocycles. The monoisotopic (exact) mass is 335 g/mol. The average Bonchev–Trinajstić information content (AvgIpc) is 2.70. The first kappa shape index (κ1) is 16.1. The number of hydrogen-bond acceptors (Lipinski definition) is 4. The van der Waals surface area contributed by atoms with E-state index in [0.29, 0.717) is 13.2 Å². The van der Waals surface area contributed by atoms with E-state index in [1.165, 1.54) is 5.56 Å². The summed E-state index contributed by atoms with van der Waals surface area (Å²) in [5.74, 6) is 0. The molecule has 1 aromatic rings. The molecule has 1 N–H and O–H groups in total. The maximum atomic E-state index is 9.83. The van der Waals surface area contributed by atoms with Gasteiger partial charge in [-0.25, -0.2) is 0 Å². The quantitative estimate of drug-likeness (QED) is 0.704. The van der Waals surface area contributed by atoms with Crippen LogP contribution in [-0.4, -0.2) is 42.9 Å². The van der Waals surface area contributed by atoms with E-state index in [1.807, 2.05) is 7.05 Å². The number of nitrogens with zero attached hydrogens (tertiary/aromatic N) is 1. The highest BCUT2D eigenvalue weighted by atomic mass is 79.9. The Morgan fingerprint density at radius 3 is 2.94 bits per heavy atom. The van der Waals surface area contributed by atoms with Crippen molar-refractivity contribution in [1.29, 1.82) is 0 Å². The molecular weight excluding hydrogens is 314 g/mol. The highest BCUT2D eigenvalue weighted by Crippen LogP contribution is 2.21. The van der Waals surface area contributed by atoms with Crippen LogP contribution in [0.4, 0.5) is 0 Å². The van der Waals surface area contributed by atoms with Gasteiger partial charge in [-0.3, -0.25) is 4.90 Å². The Morgan fingerprint density at radius 2 is 2.33 bits per heavy atom. The van der Waals surface area contributed by atoms with Gasteiger partial charge in [-0.05, 0) is 46.4 Å². The number of unbranched alkanes of at least 4 members (excludes halogenated alkanes) is 1. The van der Waals surface area contributed by atoms with E-state index in [9.17, 15) is 5.11 Å². The van der Waals surface area contributed by atoms with Crippen LogP contribution < -0.4 is 0 Å². The second-order valence-electron chi connectivity index (χ2n) is 4.54. The van der Waals surface area contributed by atoms with Crippen molar-refractivity contribution in [3.63, 3.8) is 0 Å². The molecule has 0 fully saturated rings. The van der Waals surface area contributed by atoms with Crippen molar-refractivity contribution in [3.8, 4) is 0 Å². The number of likely N-dealkylation sites (N-methyl/N-ethyl adjacent to an activating group) is 1. The second-order valence-corrected chi connectivity index (χ2v) is 6.83. The Kier molecular flexibility index (Phi) is 8.10. The maximum absolute atomic E-state index is 9.83. The van der Waals surface area contributed by atoms with Gasteiger partial charge >= 0.3 is 0 Å². The summed E-state index contributed by atoms with van der Waals surface area (Å²) in [5, 5.41) is 12.0. The van der Waals surface area contributed by atoms with E-state index >= 15 is 0 Å². The fourth-order valence-corrected chi connectivity index (χ4v) is 2.88. The number of halogens is 1. The molecule has 0 spiro atoms. The Bertz CT molecular complexity index is 333. The molecule has 3 nitrogen and oxygen atoms in total. The molecule has 0 amide bonds. The van der Waals surface area contributed by atoms with Gasteiger partial charge in [0.05, 0.1) is 16.5 Å². The fourth-order valence-electron chi connectivity index (χ4n) is 1.68. The van der Waals surface area contributed by atoms with Gasteiger partial charge in [0.1, 0.15) is 0 Å². The number of ether oxygens (including phenoxy) is 1. The summed E-state index contributed by atoms with van der Waals surface area (Å²) in [6.07, 6.45) is 1.78. The second kappa shape index (κ2) is 9.04. The molecule has 1 rings (SSSR count). The van der Waals surface area contributed by atoms with Crippen molar-refractivity contribution in [2.75, 3.05) is 26.8 Å². The molecule has 5 heteroatoms. The van der Waals surface area contributed by atoms with Gasteiger partial charge < -0.3 is 9.84 Å². The molecular formula is C13H22BrNO2S. The molecule has 18 heavy (non-hydrogen) atoms. The van der Waals surface area contributed by atoms with Crippen LogP contribution in [0, 0.1) is 0 Å². The highest BCUT2D eigenvalue weighted by molar-refractivity contribution is 9.11. The van der Waals surface area contributed by atoms with E-state index < -0.39 is 6.10 Å². The summed E-state index contributed by atoms with van der Waals surface area (Å²) in [6.45, 7) is 4.80. The summed E-state index contributed by atoms with van der Waals surface area (Å²) in [4.78, 5) is 2.11. The normalized spacial score (nSPS) is 13.2. The van der Waals surface area contributed by atoms with E-state index in [0.717, 1.165) is 29.8 Å². The van der Waals surface area contributed by atoms with E-state index in [1.54, 1.807) is 11.3 Å². The molecule has 0 saturated heterocycles. The summed E-state index contributed by atoms with van der Waals surface area (Å²) in [5.41, 5.74) is 1.27. The van der Waals surface area contributed by atoms with Crippen LogP contribution in [-0.2, 0) is 11.3 Å². The summed E-state index contributed by atoms with van der Waals surface area (Å²) in [7, 11) is 2.01. The topological polar surface area (TPSA) is 32.7 Å². The summed E-state index contributed by atoms with van der Waals surface area (Å²) < 4.78 is 6.56. The molecule has 1 aromatic heterocycles. The lowest BCUT2D eigenvalue weighted by atomic mass is 10.3. The molecule has 1 unspecified atom stereocenters. The molecule has 0 aliphatic heterocycles. The van der Waals surface area contributed by atoms with E-state index in [2.05, 4.69) is 39.2 Å². The smallest absolute Gasteiger partial charge is 0.0900 e. The summed E-state index contributed by atoms with van der Waals surface area (Å²) >= 11 is 5.14. The minimum Gasteiger partial charge on any atom is -0.389 e. The van der Waals surface area contributed by atoms with Crippen LogP contribution in [0.5, 0.6) is 0 Å². The number of thiophene rings is 1. The third-order valence-electron chi connectivity index (χ3n) is 2.55. The molecule has 0 saturated carbocycles. The molecule has 0 aliphatic rings. The van der Waals surface area contributed by atoms with Crippen LogP contribution in [0.1, 0.15) is 25.3 Å². The van der Waals surface area contributed by atoms with Gasteiger partial charge in [0.15, 0.2) is 0 Å². The number of aliphatic hydroxyl groups excluding tert-OH is 1. The average molecular weight is 336 g/mol. The minimum atomic E-state index is -0.408. The first-order valence-electron chi connectivity index (χ1n) is 6.29. The predicted octanol–water partition coefficient (Wildman–Crippen LogP) is 3.12. The lowest BCUT2D eigenvalue weighted by molar-refractivity contribution is 0.0188. The zero-order valence-electron chi connectivity index (χ0n) is 11.1. The van der Waals surface area contributed by atoms with Crippen LogP contribution >= 0.6 is 27.3 Å². The zero-order chi connectivity index (χ0) is 13.4. The van der Waals surface area contributed by atoms with Crippen LogP contribution in [0.15, 0.2) is 15.2 Å². The predicted molar refractivity (Wildman–Crippen MR) is 80.1 cm³/mol. The van der Waals surface area contributed by atoms with Crippen LogP contribution in [0.25, 0.3) is 0 Å².